The Balaban J connectivity index is 4.83. The van der Waals surface area contributed by atoms with Gasteiger partial charge in [-0.1, -0.05) is 59.3 Å². The summed E-state index contributed by atoms with van der Waals surface area (Å²) in [6, 6.07) is 0. The zero-order chi connectivity index (χ0) is 23.3. The molecule has 0 aromatic heterocycles. The Morgan fingerprint density at radius 3 is 1.55 bits per heavy atom. The van der Waals surface area contributed by atoms with Gasteiger partial charge in [-0.2, -0.15) is 8.42 Å². The van der Waals surface area contributed by atoms with Crippen molar-refractivity contribution in [2.24, 2.45) is 0 Å². The topological polar surface area (TPSA) is 72.8 Å². The van der Waals surface area contributed by atoms with E-state index in [9.17, 15) is 13.0 Å². The molecule has 0 aliphatic carbocycles. The summed E-state index contributed by atoms with van der Waals surface area (Å²) in [5.41, 5.74) is 0. The third-order valence-electron chi connectivity index (χ3n) is 5.94. The highest BCUT2D eigenvalue weighted by molar-refractivity contribution is 7.85. The Morgan fingerprint density at radius 1 is 0.581 bits per heavy atom. The molecule has 0 aromatic carbocycles. The molecule has 0 bridgehead atoms. The van der Waals surface area contributed by atoms with Crippen LogP contribution in [0.4, 0.5) is 0 Å². The molecule has 0 aliphatic rings. The van der Waals surface area contributed by atoms with Gasteiger partial charge in [0.1, 0.15) is 6.54 Å². The first-order chi connectivity index (χ1) is 14.9. The highest BCUT2D eigenvalue weighted by Gasteiger charge is 2.27. The molecule has 0 rings (SSSR count). The molecule has 0 spiro atoms. The van der Waals surface area contributed by atoms with E-state index in [4.69, 9.17) is 9.47 Å². The van der Waals surface area contributed by atoms with Crippen molar-refractivity contribution < 1.29 is 26.9 Å². The summed E-state index contributed by atoms with van der Waals surface area (Å²) in [5.74, 6) is -0.148. The minimum absolute atomic E-state index is 0.148. The van der Waals surface area contributed by atoms with E-state index in [-0.39, 0.29) is 5.75 Å². The predicted molar refractivity (Wildman–Crippen MR) is 130 cm³/mol. The lowest BCUT2D eigenvalue weighted by Crippen LogP contribution is -2.52. The SMILES string of the molecule is CCCCCCC[N+](CCCCCCC)(CCCS(=O)(=O)O)CCOCCOCCC. The molecule has 0 radical (unpaired) electrons. The van der Waals surface area contributed by atoms with Crippen LogP contribution >= 0.6 is 0 Å². The molecule has 0 saturated heterocycles. The second-order valence-electron chi connectivity index (χ2n) is 8.93. The quantitative estimate of drug-likeness (QED) is 0.116. The van der Waals surface area contributed by atoms with E-state index in [2.05, 4.69) is 20.8 Å². The summed E-state index contributed by atoms with van der Waals surface area (Å²) in [6.07, 6.45) is 13.9. The molecular formula is C24H52NO5S+. The number of hydrogen-bond donors (Lipinski definition) is 1. The van der Waals surface area contributed by atoms with Gasteiger partial charge in [-0.15, -0.1) is 0 Å². The first-order valence-electron chi connectivity index (χ1n) is 12.8. The van der Waals surface area contributed by atoms with E-state index in [1.54, 1.807) is 0 Å². The van der Waals surface area contributed by atoms with Gasteiger partial charge in [0.15, 0.2) is 0 Å². The van der Waals surface area contributed by atoms with Crippen LogP contribution in [0, 0.1) is 0 Å². The average Bonchev–Trinajstić information content (AvgIpc) is 2.72. The predicted octanol–water partition coefficient (Wildman–Crippen LogP) is 5.47. The number of ether oxygens (including phenoxy) is 2. The summed E-state index contributed by atoms with van der Waals surface area (Å²) < 4.78 is 44.0. The Bertz CT molecular complexity index is 470. The van der Waals surface area contributed by atoms with E-state index in [0.29, 0.717) is 26.2 Å². The van der Waals surface area contributed by atoms with Crippen LogP contribution in [-0.2, 0) is 19.6 Å². The Morgan fingerprint density at radius 2 is 1.06 bits per heavy atom. The molecule has 188 valence electrons. The van der Waals surface area contributed by atoms with Crippen molar-refractivity contribution in [1.29, 1.82) is 0 Å². The largest absolute Gasteiger partial charge is 0.379 e. The van der Waals surface area contributed by atoms with Crippen molar-refractivity contribution in [2.45, 2.75) is 97.8 Å². The van der Waals surface area contributed by atoms with E-state index >= 15 is 0 Å². The van der Waals surface area contributed by atoms with E-state index in [1.807, 2.05) is 0 Å². The van der Waals surface area contributed by atoms with Crippen molar-refractivity contribution in [3.05, 3.63) is 0 Å². The highest BCUT2D eigenvalue weighted by atomic mass is 32.2. The van der Waals surface area contributed by atoms with Gasteiger partial charge in [0, 0.05) is 13.0 Å². The molecule has 1 N–H and O–H groups in total. The zero-order valence-corrected chi connectivity index (χ0v) is 21.6. The second-order valence-corrected chi connectivity index (χ2v) is 10.5. The molecule has 6 nitrogen and oxygen atoms in total. The molecule has 7 heteroatoms. The summed E-state index contributed by atoms with van der Waals surface area (Å²) >= 11 is 0. The summed E-state index contributed by atoms with van der Waals surface area (Å²) in [7, 11) is -3.91. The van der Waals surface area contributed by atoms with E-state index in [0.717, 1.165) is 43.7 Å². The van der Waals surface area contributed by atoms with Gasteiger partial charge >= 0.3 is 0 Å². The molecule has 0 aromatic rings. The number of nitrogens with zero attached hydrogens (tertiary/aromatic N) is 1. The fraction of sp³-hybridized carbons (Fsp3) is 1.00. The smallest absolute Gasteiger partial charge is 0.265 e. The lowest BCUT2D eigenvalue weighted by Gasteiger charge is -2.39. The minimum Gasteiger partial charge on any atom is -0.379 e. The van der Waals surface area contributed by atoms with E-state index < -0.39 is 10.1 Å². The molecule has 31 heavy (non-hydrogen) atoms. The third-order valence-corrected chi connectivity index (χ3v) is 6.74. The van der Waals surface area contributed by atoms with Crippen molar-refractivity contribution >= 4 is 10.1 Å². The first kappa shape index (κ1) is 30.8. The Hall–Kier alpha value is -0.210. The van der Waals surface area contributed by atoms with Crippen molar-refractivity contribution in [3.8, 4) is 0 Å². The lowest BCUT2D eigenvalue weighted by atomic mass is 10.1. The van der Waals surface area contributed by atoms with Gasteiger partial charge in [-0.3, -0.25) is 4.55 Å². The minimum atomic E-state index is -3.91. The maximum atomic E-state index is 11.3. The van der Waals surface area contributed by atoms with Gasteiger partial charge in [0.2, 0.25) is 0 Å². The molecule has 0 saturated carbocycles. The highest BCUT2D eigenvalue weighted by Crippen LogP contribution is 2.17. The maximum Gasteiger partial charge on any atom is 0.265 e. The number of rotatable bonds is 24. The monoisotopic (exact) mass is 466 g/mol. The standard InChI is InChI=1S/C24H51NO5S/c1-4-7-9-11-13-16-25(17-14-12-10-8-5-2,18-15-24-31(26,27)28)19-21-30-23-22-29-20-6-3/h4-24H2,1-3H3/p+1. The maximum absolute atomic E-state index is 11.3. The summed E-state index contributed by atoms with van der Waals surface area (Å²) in [4.78, 5) is 0. The third kappa shape index (κ3) is 20.1. The molecule has 0 heterocycles. The molecule has 0 aliphatic heterocycles. The molecule has 0 unspecified atom stereocenters. The number of quaternary nitrogens is 1. The van der Waals surface area contributed by atoms with Crippen LogP contribution in [0.2, 0.25) is 0 Å². The van der Waals surface area contributed by atoms with Crippen LogP contribution in [-0.4, -0.2) is 75.8 Å². The first-order valence-corrected chi connectivity index (χ1v) is 14.5. The number of unbranched alkanes of at least 4 members (excludes halogenated alkanes) is 8. The van der Waals surface area contributed by atoms with Crippen LogP contribution in [0.15, 0.2) is 0 Å². The fourth-order valence-electron chi connectivity index (χ4n) is 4.08. The second kappa shape index (κ2) is 20.4. The zero-order valence-electron chi connectivity index (χ0n) is 20.8. The van der Waals surface area contributed by atoms with Gasteiger partial charge in [-0.05, 0) is 32.1 Å². The normalized spacial score (nSPS) is 12.5. The molecule has 0 atom stereocenters. The Labute approximate surface area is 193 Å². The number of hydrogen-bond acceptors (Lipinski definition) is 4. The van der Waals surface area contributed by atoms with Crippen molar-refractivity contribution in [2.75, 3.05) is 58.4 Å². The summed E-state index contributed by atoms with van der Waals surface area (Å²) in [6.45, 7) is 13.1. The molecular weight excluding hydrogens is 414 g/mol. The van der Waals surface area contributed by atoms with Gasteiger partial charge in [-0.25, -0.2) is 0 Å². The van der Waals surface area contributed by atoms with Crippen LogP contribution in [0.25, 0.3) is 0 Å². The average molecular weight is 467 g/mol. The van der Waals surface area contributed by atoms with Crippen molar-refractivity contribution in [1.82, 2.24) is 0 Å². The van der Waals surface area contributed by atoms with Crippen LogP contribution in [0.3, 0.4) is 0 Å². The molecule has 0 fully saturated rings. The van der Waals surface area contributed by atoms with Gasteiger partial charge < -0.3 is 14.0 Å². The fourth-order valence-corrected chi connectivity index (χ4v) is 4.57. The van der Waals surface area contributed by atoms with Gasteiger partial charge in [0.25, 0.3) is 10.1 Å². The van der Waals surface area contributed by atoms with Gasteiger partial charge in [0.05, 0.1) is 45.2 Å². The van der Waals surface area contributed by atoms with Crippen LogP contribution in [0.1, 0.15) is 97.8 Å². The van der Waals surface area contributed by atoms with Crippen molar-refractivity contribution in [3.63, 3.8) is 0 Å². The lowest BCUT2D eigenvalue weighted by molar-refractivity contribution is -0.929. The Kier molecular flexibility index (Phi) is 20.3. The van der Waals surface area contributed by atoms with Crippen LogP contribution in [0.5, 0.6) is 0 Å². The summed E-state index contributed by atoms with van der Waals surface area (Å²) in [5, 5.41) is 0. The molecule has 0 amide bonds. The van der Waals surface area contributed by atoms with Crippen LogP contribution < -0.4 is 0 Å². The van der Waals surface area contributed by atoms with E-state index in [1.165, 1.54) is 64.2 Å².